The average Bonchev–Trinajstić information content (AvgIpc) is 2.35. The number of fused-ring (bicyclic) bond motifs is 1. The monoisotopic (exact) mass is 138 g/mol. The Bertz CT molecular complexity index is 229. The highest BCUT2D eigenvalue weighted by atomic mass is 16.6. The van der Waals surface area contributed by atoms with E-state index < -0.39 is 6.10 Å². The molecule has 1 aliphatic carbocycles. The van der Waals surface area contributed by atoms with Crippen LogP contribution >= 0.6 is 0 Å². The van der Waals surface area contributed by atoms with Gasteiger partial charge in [-0.25, -0.2) is 0 Å². The number of hydrogen-bond donors (Lipinski definition) is 0. The summed E-state index contributed by atoms with van der Waals surface area (Å²) in [5, 5.41) is 0. The molecule has 10 heavy (non-hydrogen) atoms. The molecule has 0 aromatic carbocycles. The maximum absolute atomic E-state index is 10.8. The number of ketones is 1. The van der Waals surface area contributed by atoms with E-state index in [0.29, 0.717) is 6.42 Å². The van der Waals surface area contributed by atoms with Crippen molar-refractivity contribution < 1.29 is 14.3 Å². The van der Waals surface area contributed by atoms with Crippen LogP contribution in [0, 0.1) is 5.92 Å². The van der Waals surface area contributed by atoms with Gasteiger partial charge in [-0.1, -0.05) is 6.08 Å². The molecule has 0 amide bonds. The molecule has 1 heterocycles. The Morgan fingerprint density at radius 3 is 3.00 bits per heavy atom. The van der Waals surface area contributed by atoms with Crippen molar-refractivity contribution in [1.29, 1.82) is 0 Å². The van der Waals surface area contributed by atoms with Crippen LogP contribution in [0.3, 0.4) is 0 Å². The topological polar surface area (TPSA) is 43.4 Å². The first-order chi connectivity index (χ1) is 4.77. The Morgan fingerprint density at radius 1 is 1.50 bits per heavy atom. The van der Waals surface area contributed by atoms with Crippen molar-refractivity contribution in [3.05, 3.63) is 12.2 Å². The lowest BCUT2D eigenvalue weighted by Crippen LogP contribution is -2.18. The summed E-state index contributed by atoms with van der Waals surface area (Å²) in [5.41, 5.74) is 0. The minimum atomic E-state index is -0.479. The van der Waals surface area contributed by atoms with Crippen molar-refractivity contribution >= 4 is 11.8 Å². The standard InChI is InChI=1S/C7H6O3/c8-5-2-1-4-3-6(9)10-7(4)5/h1-2,4,7H,3H2/t4-,7+/m0/s1. The van der Waals surface area contributed by atoms with Gasteiger partial charge in [0.2, 0.25) is 0 Å². The summed E-state index contributed by atoms with van der Waals surface area (Å²) in [4.78, 5) is 21.4. The highest BCUT2D eigenvalue weighted by molar-refractivity contribution is 5.99. The van der Waals surface area contributed by atoms with Gasteiger partial charge in [0.1, 0.15) is 0 Å². The number of esters is 1. The second-order valence-electron chi connectivity index (χ2n) is 2.54. The molecule has 0 aromatic heterocycles. The van der Waals surface area contributed by atoms with Crippen LogP contribution in [0.25, 0.3) is 0 Å². The van der Waals surface area contributed by atoms with E-state index in [0.717, 1.165) is 0 Å². The van der Waals surface area contributed by atoms with Gasteiger partial charge in [0.15, 0.2) is 11.9 Å². The molecular formula is C7H6O3. The largest absolute Gasteiger partial charge is 0.453 e. The van der Waals surface area contributed by atoms with Crippen molar-refractivity contribution in [2.45, 2.75) is 12.5 Å². The molecule has 0 N–H and O–H groups in total. The molecule has 0 spiro atoms. The summed E-state index contributed by atoms with van der Waals surface area (Å²) in [6, 6.07) is 0. The summed E-state index contributed by atoms with van der Waals surface area (Å²) in [6.45, 7) is 0. The van der Waals surface area contributed by atoms with Crippen molar-refractivity contribution in [3.8, 4) is 0 Å². The molecule has 0 bridgehead atoms. The van der Waals surface area contributed by atoms with Gasteiger partial charge in [-0.2, -0.15) is 0 Å². The zero-order valence-electron chi connectivity index (χ0n) is 5.24. The average molecular weight is 138 g/mol. The zero-order chi connectivity index (χ0) is 7.14. The normalized spacial score (nSPS) is 36.4. The van der Waals surface area contributed by atoms with Crippen LogP contribution in [0.4, 0.5) is 0 Å². The second-order valence-corrected chi connectivity index (χ2v) is 2.54. The summed E-state index contributed by atoms with van der Waals surface area (Å²) in [7, 11) is 0. The lowest BCUT2D eigenvalue weighted by atomic mass is 10.1. The van der Waals surface area contributed by atoms with E-state index in [9.17, 15) is 9.59 Å². The van der Waals surface area contributed by atoms with Gasteiger partial charge < -0.3 is 4.74 Å². The van der Waals surface area contributed by atoms with Crippen LogP contribution in [0.1, 0.15) is 6.42 Å². The number of hydrogen-bond acceptors (Lipinski definition) is 3. The molecule has 2 atom stereocenters. The molecule has 1 fully saturated rings. The van der Waals surface area contributed by atoms with Crippen LogP contribution in [-0.2, 0) is 14.3 Å². The lowest BCUT2D eigenvalue weighted by Gasteiger charge is -2.02. The smallest absolute Gasteiger partial charge is 0.307 e. The minimum Gasteiger partial charge on any atom is -0.453 e. The van der Waals surface area contributed by atoms with Crippen LogP contribution in [0.5, 0.6) is 0 Å². The quantitative estimate of drug-likeness (QED) is 0.444. The third kappa shape index (κ3) is 0.602. The first-order valence-corrected chi connectivity index (χ1v) is 3.19. The van der Waals surface area contributed by atoms with Crippen LogP contribution in [0.2, 0.25) is 0 Å². The van der Waals surface area contributed by atoms with Crippen molar-refractivity contribution in [1.82, 2.24) is 0 Å². The summed E-state index contributed by atoms with van der Waals surface area (Å²) < 4.78 is 4.75. The summed E-state index contributed by atoms with van der Waals surface area (Å²) in [5.74, 6) is -0.302. The highest BCUT2D eigenvalue weighted by Gasteiger charge is 2.40. The molecule has 0 aromatic rings. The number of rotatable bonds is 0. The predicted octanol–water partition coefficient (Wildman–Crippen LogP) is 0.0570. The van der Waals surface area contributed by atoms with Crippen LogP contribution in [-0.4, -0.2) is 17.9 Å². The Hall–Kier alpha value is -1.12. The summed E-state index contributed by atoms with van der Waals surface area (Å²) in [6.07, 6.45) is 3.12. The molecule has 1 saturated heterocycles. The lowest BCUT2D eigenvalue weighted by molar-refractivity contribution is -0.145. The van der Waals surface area contributed by atoms with Gasteiger partial charge in [-0.3, -0.25) is 9.59 Å². The summed E-state index contributed by atoms with van der Waals surface area (Å²) >= 11 is 0. The molecule has 0 saturated carbocycles. The Kier molecular flexibility index (Phi) is 0.952. The SMILES string of the molecule is O=C1C[C@@H]2C=CC(=O)[C@@H]2O1. The number of carbonyl (C=O) groups excluding carboxylic acids is 2. The van der Waals surface area contributed by atoms with Gasteiger partial charge in [0, 0.05) is 5.92 Å². The Labute approximate surface area is 57.7 Å². The van der Waals surface area contributed by atoms with Crippen LogP contribution < -0.4 is 0 Å². The van der Waals surface area contributed by atoms with Gasteiger partial charge >= 0.3 is 5.97 Å². The van der Waals surface area contributed by atoms with Gasteiger partial charge in [-0.15, -0.1) is 0 Å². The van der Waals surface area contributed by atoms with E-state index in [1.807, 2.05) is 0 Å². The van der Waals surface area contributed by atoms with E-state index >= 15 is 0 Å². The molecule has 0 unspecified atom stereocenters. The van der Waals surface area contributed by atoms with Crippen molar-refractivity contribution in [3.63, 3.8) is 0 Å². The third-order valence-electron chi connectivity index (χ3n) is 1.84. The molecule has 52 valence electrons. The van der Waals surface area contributed by atoms with Crippen LogP contribution in [0.15, 0.2) is 12.2 Å². The van der Waals surface area contributed by atoms with Gasteiger partial charge in [0.05, 0.1) is 6.42 Å². The van der Waals surface area contributed by atoms with E-state index in [4.69, 9.17) is 4.74 Å². The molecule has 2 aliphatic rings. The first-order valence-electron chi connectivity index (χ1n) is 3.19. The molecule has 3 heteroatoms. The molecule has 1 aliphatic heterocycles. The second kappa shape index (κ2) is 1.68. The van der Waals surface area contributed by atoms with E-state index in [-0.39, 0.29) is 17.7 Å². The van der Waals surface area contributed by atoms with E-state index in [2.05, 4.69) is 0 Å². The first kappa shape index (κ1) is 5.65. The van der Waals surface area contributed by atoms with Gasteiger partial charge in [-0.05, 0) is 6.08 Å². The predicted molar refractivity (Wildman–Crippen MR) is 32.1 cm³/mol. The van der Waals surface area contributed by atoms with Crippen molar-refractivity contribution in [2.75, 3.05) is 0 Å². The Morgan fingerprint density at radius 2 is 2.30 bits per heavy atom. The molecule has 2 rings (SSSR count). The maximum Gasteiger partial charge on any atom is 0.307 e. The van der Waals surface area contributed by atoms with Crippen molar-refractivity contribution in [2.24, 2.45) is 5.92 Å². The molecule has 3 nitrogen and oxygen atoms in total. The fourth-order valence-corrected chi connectivity index (χ4v) is 1.33. The van der Waals surface area contributed by atoms with Gasteiger partial charge in [0.25, 0.3) is 0 Å². The van der Waals surface area contributed by atoms with E-state index in [1.165, 1.54) is 6.08 Å². The number of ether oxygens (including phenoxy) is 1. The van der Waals surface area contributed by atoms with E-state index in [1.54, 1.807) is 6.08 Å². The Balaban J connectivity index is 2.26. The molecular weight excluding hydrogens is 132 g/mol. The fourth-order valence-electron chi connectivity index (χ4n) is 1.33. The maximum atomic E-state index is 10.8. The minimum absolute atomic E-state index is 0.0278. The fraction of sp³-hybridized carbons (Fsp3) is 0.429. The highest BCUT2D eigenvalue weighted by Crippen LogP contribution is 2.28. The third-order valence-corrected chi connectivity index (χ3v) is 1.84. The zero-order valence-corrected chi connectivity index (χ0v) is 5.24. The molecule has 0 radical (unpaired) electrons. The number of carbonyl (C=O) groups is 2.